The first-order valence-corrected chi connectivity index (χ1v) is 14.4. The fourth-order valence-electron chi connectivity index (χ4n) is 3.80. The first kappa shape index (κ1) is 33.2. The molecule has 1 amide bonds. The molecule has 0 bridgehead atoms. The van der Waals surface area contributed by atoms with Crippen molar-refractivity contribution in [2.75, 3.05) is 33.9 Å². The number of aromatic nitrogens is 1. The normalized spacial score (nSPS) is 20.6. The van der Waals surface area contributed by atoms with Crippen molar-refractivity contribution in [1.29, 1.82) is 0 Å². The Labute approximate surface area is 238 Å². The number of hydrogen-bond donors (Lipinski definition) is 2. The van der Waals surface area contributed by atoms with Crippen LogP contribution in [-0.4, -0.2) is 72.7 Å². The predicted octanol–water partition coefficient (Wildman–Crippen LogP) is 5.45. The van der Waals surface area contributed by atoms with E-state index >= 15 is 0 Å². The molecule has 8 nitrogen and oxygen atoms in total. The molecule has 3 rings (SSSR count). The minimum atomic E-state index is -0.759. The van der Waals surface area contributed by atoms with Gasteiger partial charge < -0.3 is 14.8 Å². The number of amidine groups is 1. The van der Waals surface area contributed by atoms with Gasteiger partial charge in [0.25, 0.3) is 5.91 Å². The van der Waals surface area contributed by atoms with E-state index in [1.165, 1.54) is 6.07 Å². The number of likely N-dealkylation sites (N-methyl/N-ethyl adjacent to an activating group) is 1. The van der Waals surface area contributed by atoms with Crippen LogP contribution in [0, 0.1) is 5.95 Å². The van der Waals surface area contributed by atoms with E-state index in [2.05, 4.69) is 45.8 Å². The van der Waals surface area contributed by atoms with Gasteiger partial charge in [0, 0.05) is 48.7 Å². The lowest BCUT2D eigenvalue weighted by molar-refractivity contribution is 0.0397. The molecule has 1 unspecified atom stereocenters. The van der Waals surface area contributed by atoms with Crippen LogP contribution >= 0.6 is 11.9 Å². The second-order valence-corrected chi connectivity index (χ2v) is 13.4. The van der Waals surface area contributed by atoms with E-state index in [0.717, 1.165) is 48.6 Å². The van der Waals surface area contributed by atoms with Crippen LogP contribution in [0.2, 0.25) is 0 Å². The Morgan fingerprint density at radius 2 is 1.95 bits per heavy atom. The zero-order valence-electron chi connectivity index (χ0n) is 25.4. The predicted molar refractivity (Wildman–Crippen MR) is 159 cm³/mol. The Morgan fingerprint density at radius 3 is 2.49 bits per heavy atom. The Bertz CT molecular complexity index is 1030. The molecule has 2 aliphatic rings. The van der Waals surface area contributed by atoms with Crippen LogP contribution in [0.25, 0.3) is 0 Å². The fraction of sp³-hybridized carbons (Fsp3) is 0.690. The molecule has 0 radical (unpaired) electrons. The minimum Gasteiger partial charge on any atom is -0.379 e. The summed E-state index contributed by atoms with van der Waals surface area (Å²) in [5, 5.41) is 4.01. The topological polar surface area (TPSA) is 88.1 Å². The van der Waals surface area contributed by atoms with Crippen LogP contribution in [0.3, 0.4) is 0 Å². The average molecular weight is 566 g/mol. The number of likely N-dealkylation sites (tertiary alicyclic amines) is 1. The van der Waals surface area contributed by atoms with Gasteiger partial charge in [0.05, 0.1) is 35.4 Å². The SMILES string of the molecule is CN1CC(OCCN=C2CCC=C(SNC(=O)c3ccc(C(C)(C)C)nc3F)N2)CC1(C)C.COC(C)(C)C. The summed E-state index contributed by atoms with van der Waals surface area (Å²) in [4.78, 5) is 23.3. The molecule has 2 aliphatic heterocycles. The standard InChI is InChI=1S/C24H36FN5O2S.C5H12O/c1-23(2,3)18-11-10-17(21(25)27-18)22(31)29-33-20-9-7-8-19(28-20)26-12-13-32-16-14-24(4,5)30(6)15-16;1-5(2,3)6-4/h9-11,16H,7-8,12-15H2,1-6H3,(H,26,28)(H,29,31);1-4H3. The van der Waals surface area contributed by atoms with Gasteiger partial charge >= 0.3 is 0 Å². The van der Waals surface area contributed by atoms with E-state index in [0.29, 0.717) is 18.8 Å². The lowest BCUT2D eigenvalue weighted by Crippen LogP contribution is -2.34. The third-order valence-corrected chi connectivity index (χ3v) is 7.47. The number of methoxy groups -OCH3 is 1. The number of allylic oxidation sites excluding steroid dienone is 1. The Balaban J connectivity index is 0.000000798. The number of carbonyl (C=O) groups excluding carboxylic acids is 1. The van der Waals surface area contributed by atoms with Crippen molar-refractivity contribution in [3.63, 3.8) is 0 Å². The minimum absolute atomic E-state index is 0.0417. The van der Waals surface area contributed by atoms with Crippen LogP contribution in [0.15, 0.2) is 28.2 Å². The van der Waals surface area contributed by atoms with Crippen molar-refractivity contribution < 1.29 is 18.7 Å². The van der Waals surface area contributed by atoms with Gasteiger partial charge in [-0.2, -0.15) is 4.39 Å². The van der Waals surface area contributed by atoms with Gasteiger partial charge in [0.2, 0.25) is 5.95 Å². The molecule has 220 valence electrons. The summed E-state index contributed by atoms with van der Waals surface area (Å²) >= 11 is 1.12. The van der Waals surface area contributed by atoms with E-state index in [-0.39, 0.29) is 28.2 Å². The van der Waals surface area contributed by atoms with Crippen molar-refractivity contribution in [3.8, 4) is 0 Å². The summed E-state index contributed by atoms with van der Waals surface area (Å²) in [6.45, 7) is 18.5. The number of halogens is 1. The second kappa shape index (κ2) is 14.1. The number of rotatable bonds is 7. The number of ether oxygens (including phenoxy) is 2. The Kier molecular flexibility index (Phi) is 12.0. The number of nitrogens with one attached hydrogen (secondary N) is 2. The lowest BCUT2D eigenvalue weighted by atomic mass is 9.91. The largest absolute Gasteiger partial charge is 0.379 e. The first-order chi connectivity index (χ1) is 18.0. The van der Waals surface area contributed by atoms with Gasteiger partial charge in [0.15, 0.2) is 0 Å². The van der Waals surface area contributed by atoms with Gasteiger partial charge in [-0.1, -0.05) is 26.8 Å². The maximum atomic E-state index is 14.4. The summed E-state index contributed by atoms with van der Waals surface area (Å²) in [7, 11) is 3.84. The highest BCUT2D eigenvalue weighted by Gasteiger charge is 2.36. The van der Waals surface area contributed by atoms with Crippen LogP contribution in [0.5, 0.6) is 0 Å². The van der Waals surface area contributed by atoms with Crippen LogP contribution in [-0.2, 0) is 14.9 Å². The van der Waals surface area contributed by atoms with Gasteiger partial charge in [-0.25, -0.2) is 4.98 Å². The van der Waals surface area contributed by atoms with Crippen molar-refractivity contribution in [2.45, 2.75) is 97.3 Å². The van der Waals surface area contributed by atoms with Crippen molar-refractivity contribution >= 4 is 23.7 Å². The third-order valence-electron chi connectivity index (χ3n) is 6.69. The van der Waals surface area contributed by atoms with E-state index in [1.54, 1.807) is 13.2 Å². The molecule has 1 aromatic rings. The summed E-state index contributed by atoms with van der Waals surface area (Å²) < 4.78 is 28.0. The number of hydrogen-bond acceptors (Lipinski definition) is 7. The Morgan fingerprint density at radius 1 is 1.28 bits per heavy atom. The third kappa shape index (κ3) is 11.2. The van der Waals surface area contributed by atoms with Crippen LogP contribution in [0.4, 0.5) is 4.39 Å². The van der Waals surface area contributed by atoms with Crippen molar-refractivity contribution in [1.82, 2.24) is 19.9 Å². The highest BCUT2D eigenvalue weighted by molar-refractivity contribution is 8.01. The van der Waals surface area contributed by atoms with Crippen molar-refractivity contribution in [2.24, 2.45) is 4.99 Å². The highest BCUT2D eigenvalue weighted by Crippen LogP contribution is 2.28. The molecule has 1 atom stereocenters. The van der Waals surface area contributed by atoms with Crippen LogP contribution < -0.4 is 10.0 Å². The van der Waals surface area contributed by atoms with E-state index in [1.807, 2.05) is 47.6 Å². The summed E-state index contributed by atoms with van der Waals surface area (Å²) in [6.07, 6.45) is 4.90. The summed E-state index contributed by atoms with van der Waals surface area (Å²) in [6, 6.07) is 3.18. The monoisotopic (exact) mass is 565 g/mol. The molecule has 1 saturated heterocycles. The fourth-order valence-corrected chi connectivity index (χ4v) is 4.48. The first-order valence-electron chi connectivity index (χ1n) is 13.5. The molecule has 3 heterocycles. The summed E-state index contributed by atoms with van der Waals surface area (Å²) in [5.41, 5.74) is 0.468. The number of aliphatic imine (C=N–C) groups is 1. The zero-order chi connectivity index (χ0) is 29.4. The highest BCUT2D eigenvalue weighted by atomic mass is 32.2. The van der Waals surface area contributed by atoms with Gasteiger partial charge in [0.1, 0.15) is 5.84 Å². The number of nitrogens with zero attached hydrogens (tertiary/aromatic N) is 3. The molecule has 1 aromatic heterocycles. The number of pyridine rings is 1. The molecule has 0 saturated carbocycles. The molecule has 0 aromatic carbocycles. The molecular formula is C29H48FN5O3S. The summed E-state index contributed by atoms with van der Waals surface area (Å²) in [5.74, 6) is -0.413. The lowest BCUT2D eigenvalue weighted by Gasteiger charge is -2.26. The molecule has 10 heteroatoms. The number of amides is 1. The molecule has 39 heavy (non-hydrogen) atoms. The van der Waals surface area contributed by atoms with E-state index in [4.69, 9.17) is 9.47 Å². The van der Waals surface area contributed by atoms with E-state index < -0.39 is 11.9 Å². The second-order valence-electron chi connectivity index (χ2n) is 12.6. The number of carbonyl (C=O) groups is 1. The van der Waals surface area contributed by atoms with Gasteiger partial charge in [-0.15, -0.1) is 0 Å². The van der Waals surface area contributed by atoms with Crippen LogP contribution in [0.1, 0.15) is 90.7 Å². The molecule has 2 N–H and O–H groups in total. The molecule has 0 aliphatic carbocycles. The Hall–Kier alpha value is -2.01. The quantitative estimate of drug-likeness (QED) is 0.258. The van der Waals surface area contributed by atoms with E-state index in [9.17, 15) is 9.18 Å². The maximum Gasteiger partial charge on any atom is 0.266 e. The molecular weight excluding hydrogens is 517 g/mol. The van der Waals surface area contributed by atoms with Gasteiger partial charge in [-0.05, 0) is 66.6 Å². The zero-order valence-corrected chi connectivity index (χ0v) is 26.2. The smallest absolute Gasteiger partial charge is 0.266 e. The average Bonchev–Trinajstić information content (AvgIpc) is 3.11. The maximum absolute atomic E-state index is 14.4. The molecule has 0 spiro atoms. The van der Waals surface area contributed by atoms with Gasteiger partial charge in [-0.3, -0.25) is 19.4 Å². The molecule has 1 fully saturated rings. The van der Waals surface area contributed by atoms with Crippen molar-refractivity contribution in [3.05, 3.63) is 40.4 Å².